The molecule has 1 aromatic rings. The molecule has 0 saturated heterocycles. The van der Waals surface area contributed by atoms with Crippen LogP contribution in [0.5, 0.6) is 5.75 Å². The van der Waals surface area contributed by atoms with Crippen molar-refractivity contribution in [2.45, 2.75) is 70.4 Å². The zero-order valence-corrected chi connectivity index (χ0v) is 13.0. The second kappa shape index (κ2) is 8.31. The molecular weight excluding hydrogens is 246 g/mol. The van der Waals surface area contributed by atoms with Crippen molar-refractivity contribution in [3.05, 3.63) is 29.8 Å². The molecule has 0 radical (unpaired) electrons. The average Bonchev–Trinajstić information content (AvgIpc) is 2.52. The van der Waals surface area contributed by atoms with Crippen molar-refractivity contribution >= 4 is 0 Å². The molecule has 0 bridgehead atoms. The smallest absolute Gasteiger partial charge is 0.119 e. The topological polar surface area (TPSA) is 21.3 Å². The summed E-state index contributed by atoms with van der Waals surface area (Å²) < 4.78 is 5.29. The van der Waals surface area contributed by atoms with Gasteiger partial charge in [0.2, 0.25) is 0 Å². The predicted molar refractivity (Wildman–Crippen MR) is 85.4 cm³/mol. The summed E-state index contributed by atoms with van der Waals surface area (Å²) in [6.45, 7) is 2.30. The third kappa shape index (κ3) is 4.82. The van der Waals surface area contributed by atoms with E-state index in [4.69, 9.17) is 4.74 Å². The number of methoxy groups -OCH3 is 1. The van der Waals surface area contributed by atoms with Crippen LogP contribution in [-0.4, -0.2) is 19.2 Å². The van der Waals surface area contributed by atoms with Gasteiger partial charge in [-0.2, -0.15) is 0 Å². The summed E-state index contributed by atoms with van der Waals surface area (Å²) in [5.41, 5.74) is 1.38. The standard InChI is InChI=1S/C18H29NO/c1-3-16(19-17-9-5-4-6-10-17)13-12-15-8-7-11-18(14-15)20-2/h7-8,11,14,16-17,19H,3-6,9-10,12-13H2,1-2H3. The van der Waals surface area contributed by atoms with Gasteiger partial charge in [0.15, 0.2) is 0 Å². The average molecular weight is 275 g/mol. The maximum absolute atomic E-state index is 5.29. The van der Waals surface area contributed by atoms with Gasteiger partial charge >= 0.3 is 0 Å². The van der Waals surface area contributed by atoms with E-state index in [-0.39, 0.29) is 0 Å². The molecule has 0 aliphatic heterocycles. The number of nitrogens with one attached hydrogen (secondary N) is 1. The van der Waals surface area contributed by atoms with Gasteiger partial charge in [-0.25, -0.2) is 0 Å². The fraction of sp³-hybridized carbons (Fsp3) is 0.667. The highest BCUT2D eigenvalue weighted by atomic mass is 16.5. The Hall–Kier alpha value is -1.02. The fourth-order valence-corrected chi connectivity index (χ4v) is 3.18. The molecule has 1 aliphatic rings. The van der Waals surface area contributed by atoms with E-state index in [9.17, 15) is 0 Å². The largest absolute Gasteiger partial charge is 0.497 e. The normalized spacial score (nSPS) is 17.9. The van der Waals surface area contributed by atoms with Crippen LogP contribution in [0.25, 0.3) is 0 Å². The van der Waals surface area contributed by atoms with Gasteiger partial charge < -0.3 is 10.1 Å². The van der Waals surface area contributed by atoms with Gasteiger partial charge in [0, 0.05) is 12.1 Å². The molecule has 0 spiro atoms. The zero-order valence-electron chi connectivity index (χ0n) is 13.0. The van der Waals surface area contributed by atoms with E-state index in [1.807, 2.05) is 6.07 Å². The second-order valence-corrected chi connectivity index (χ2v) is 6.00. The second-order valence-electron chi connectivity index (χ2n) is 6.00. The highest BCUT2D eigenvalue weighted by Crippen LogP contribution is 2.20. The van der Waals surface area contributed by atoms with Gasteiger partial charge in [-0.3, -0.25) is 0 Å². The molecule has 0 aromatic heterocycles. The Kier molecular flexibility index (Phi) is 6.38. The van der Waals surface area contributed by atoms with Crippen molar-refractivity contribution in [1.29, 1.82) is 0 Å². The van der Waals surface area contributed by atoms with Crippen molar-refractivity contribution in [3.8, 4) is 5.75 Å². The summed E-state index contributed by atoms with van der Waals surface area (Å²) in [6.07, 6.45) is 10.6. The van der Waals surface area contributed by atoms with Gasteiger partial charge in [-0.15, -0.1) is 0 Å². The maximum Gasteiger partial charge on any atom is 0.119 e. The molecule has 1 aliphatic carbocycles. The van der Waals surface area contributed by atoms with Crippen LogP contribution >= 0.6 is 0 Å². The Morgan fingerprint density at radius 2 is 2.05 bits per heavy atom. The van der Waals surface area contributed by atoms with Crippen LogP contribution in [0, 0.1) is 0 Å². The first kappa shape index (κ1) is 15.4. The zero-order chi connectivity index (χ0) is 14.2. The van der Waals surface area contributed by atoms with Gasteiger partial charge in [-0.1, -0.05) is 38.3 Å². The monoisotopic (exact) mass is 275 g/mol. The molecule has 1 N–H and O–H groups in total. The van der Waals surface area contributed by atoms with Crippen molar-refractivity contribution in [1.82, 2.24) is 5.32 Å². The first-order valence-corrected chi connectivity index (χ1v) is 8.20. The van der Waals surface area contributed by atoms with Crippen LogP contribution in [0.2, 0.25) is 0 Å². The van der Waals surface area contributed by atoms with Crippen LogP contribution in [0.1, 0.15) is 57.4 Å². The quantitative estimate of drug-likeness (QED) is 0.799. The minimum Gasteiger partial charge on any atom is -0.497 e. The van der Waals surface area contributed by atoms with Gasteiger partial charge in [-0.05, 0) is 49.8 Å². The van der Waals surface area contributed by atoms with E-state index in [1.54, 1.807) is 7.11 Å². The molecule has 1 fully saturated rings. The van der Waals surface area contributed by atoms with E-state index in [0.717, 1.165) is 18.2 Å². The van der Waals surface area contributed by atoms with E-state index >= 15 is 0 Å². The fourth-order valence-electron chi connectivity index (χ4n) is 3.18. The Morgan fingerprint density at radius 1 is 1.25 bits per heavy atom. The molecular formula is C18H29NO. The molecule has 1 atom stereocenters. The summed E-state index contributed by atoms with van der Waals surface area (Å²) >= 11 is 0. The number of ether oxygens (including phenoxy) is 1. The number of hydrogen-bond acceptors (Lipinski definition) is 2. The molecule has 2 nitrogen and oxygen atoms in total. The lowest BCUT2D eigenvalue weighted by molar-refractivity contribution is 0.322. The first-order chi connectivity index (χ1) is 9.81. The molecule has 20 heavy (non-hydrogen) atoms. The highest BCUT2D eigenvalue weighted by Gasteiger charge is 2.16. The van der Waals surface area contributed by atoms with Gasteiger partial charge in [0.05, 0.1) is 7.11 Å². The lowest BCUT2D eigenvalue weighted by Gasteiger charge is -2.28. The molecule has 1 unspecified atom stereocenters. The number of rotatable bonds is 7. The van der Waals surface area contributed by atoms with E-state index < -0.39 is 0 Å². The third-order valence-corrected chi connectivity index (χ3v) is 4.48. The van der Waals surface area contributed by atoms with Crippen LogP contribution in [-0.2, 0) is 6.42 Å². The summed E-state index contributed by atoms with van der Waals surface area (Å²) in [7, 11) is 1.73. The molecule has 2 heteroatoms. The van der Waals surface area contributed by atoms with E-state index in [0.29, 0.717) is 6.04 Å². The summed E-state index contributed by atoms with van der Waals surface area (Å²) in [6, 6.07) is 9.89. The Balaban J connectivity index is 1.80. The van der Waals surface area contributed by atoms with Gasteiger partial charge in [0.25, 0.3) is 0 Å². The van der Waals surface area contributed by atoms with Crippen molar-refractivity contribution in [3.63, 3.8) is 0 Å². The van der Waals surface area contributed by atoms with Crippen LogP contribution < -0.4 is 10.1 Å². The molecule has 112 valence electrons. The SMILES string of the molecule is CCC(CCc1cccc(OC)c1)NC1CCCCC1. The number of hydrogen-bond donors (Lipinski definition) is 1. The predicted octanol–water partition coefficient (Wildman–Crippen LogP) is 4.33. The lowest BCUT2D eigenvalue weighted by atomic mass is 9.93. The van der Waals surface area contributed by atoms with Crippen LogP contribution in [0.15, 0.2) is 24.3 Å². The van der Waals surface area contributed by atoms with Crippen molar-refractivity contribution < 1.29 is 4.74 Å². The minimum absolute atomic E-state index is 0.657. The van der Waals surface area contributed by atoms with Crippen molar-refractivity contribution in [2.75, 3.05) is 7.11 Å². The molecule has 1 aromatic carbocycles. The Bertz CT molecular complexity index is 385. The Morgan fingerprint density at radius 3 is 2.75 bits per heavy atom. The number of benzene rings is 1. The highest BCUT2D eigenvalue weighted by molar-refractivity contribution is 5.28. The minimum atomic E-state index is 0.657. The molecule has 1 saturated carbocycles. The summed E-state index contributed by atoms with van der Waals surface area (Å²) in [5.74, 6) is 0.968. The molecule has 2 rings (SSSR count). The Labute approximate surface area is 123 Å². The van der Waals surface area contributed by atoms with Crippen LogP contribution in [0.4, 0.5) is 0 Å². The maximum atomic E-state index is 5.29. The van der Waals surface area contributed by atoms with Crippen molar-refractivity contribution in [2.24, 2.45) is 0 Å². The third-order valence-electron chi connectivity index (χ3n) is 4.48. The van der Waals surface area contributed by atoms with Gasteiger partial charge in [0.1, 0.15) is 5.75 Å². The first-order valence-electron chi connectivity index (χ1n) is 8.20. The summed E-state index contributed by atoms with van der Waals surface area (Å²) in [4.78, 5) is 0. The van der Waals surface area contributed by atoms with E-state index in [2.05, 4.69) is 30.4 Å². The van der Waals surface area contributed by atoms with E-state index in [1.165, 1.54) is 50.5 Å². The molecule has 0 amide bonds. The summed E-state index contributed by atoms with van der Waals surface area (Å²) in [5, 5.41) is 3.87. The lowest BCUT2D eigenvalue weighted by Crippen LogP contribution is -2.39. The number of aryl methyl sites for hydroxylation is 1. The molecule has 0 heterocycles. The van der Waals surface area contributed by atoms with Crippen LogP contribution in [0.3, 0.4) is 0 Å².